The number of hydrogen-bond acceptors (Lipinski definition) is 5. The molecular formula is C20H27N5O3. The van der Waals surface area contributed by atoms with Crippen molar-refractivity contribution >= 4 is 11.2 Å². The van der Waals surface area contributed by atoms with E-state index in [2.05, 4.69) is 24.1 Å². The van der Waals surface area contributed by atoms with Crippen molar-refractivity contribution in [1.29, 1.82) is 0 Å². The first-order valence-electron chi connectivity index (χ1n) is 9.42. The van der Waals surface area contributed by atoms with Crippen LogP contribution in [0.25, 0.3) is 11.2 Å². The first-order valence-corrected chi connectivity index (χ1v) is 9.42. The number of phenolic OH excluding ortho intramolecular Hbond substituents is 1. The fourth-order valence-corrected chi connectivity index (χ4v) is 3.51. The van der Waals surface area contributed by atoms with Crippen LogP contribution in [-0.2, 0) is 27.1 Å². The van der Waals surface area contributed by atoms with E-state index >= 15 is 0 Å². The second kappa shape index (κ2) is 8.02. The van der Waals surface area contributed by atoms with Crippen molar-refractivity contribution in [2.75, 3.05) is 0 Å². The Labute approximate surface area is 163 Å². The summed E-state index contributed by atoms with van der Waals surface area (Å²) in [6.45, 7) is 4.87. The summed E-state index contributed by atoms with van der Waals surface area (Å²) >= 11 is 0. The van der Waals surface area contributed by atoms with Gasteiger partial charge in [-0.1, -0.05) is 12.1 Å². The van der Waals surface area contributed by atoms with Crippen molar-refractivity contribution in [3.05, 3.63) is 57.0 Å². The van der Waals surface area contributed by atoms with Gasteiger partial charge < -0.3 is 15.0 Å². The standard InChI is InChI=1S/C20H27N5O3/c1-13(22-14(2)11-15-5-7-16(26)8-6-15)9-10-25-12-21-18-17(25)19(27)24(4)20(28)23(18)3/h5-8,12-14,22,26H,9-11H2,1-4H3. The normalized spacial score (nSPS) is 13.7. The lowest BCUT2D eigenvalue weighted by Gasteiger charge is -2.20. The summed E-state index contributed by atoms with van der Waals surface area (Å²) in [7, 11) is 3.10. The number of phenols is 1. The van der Waals surface area contributed by atoms with Crippen LogP contribution in [0.3, 0.4) is 0 Å². The minimum atomic E-state index is -0.374. The third-order valence-corrected chi connectivity index (χ3v) is 5.07. The van der Waals surface area contributed by atoms with Crippen LogP contribution >= 0.6 is 0 Å². The molecule has 2 aromatic heterocycles. The molecule has 0 fully saturated rings. The number of fused-ring (bicyclic) bond motifs is 1. The predicted octanol–water partition coefficient (Wildman–Crippen LogP) is 1.14. The molecule has 0 saturated carbocycles. The molecule has 150 valence electrons. The van der Waals surface area contributed by atoms with Gasteiger partial charge in [-0.05, 0) is 44.4 Å². The summed E-state index contributed by atoms with van der Waals surface area (Å²) in [6, 6.07) is 7.76. The van der Waals surface area contributed by atoms with Gasteiger partial charge in [0.05, 0.1) is 6.33 Å². The number of hydrogen-bond donors (Lipinski definition) is 2. The van der Waals surface area contributed by atoms with E-state index in [-0.39, 0.29) is 29.1 Å². The van der Waals surface area contributed by atoms with Crippen LogP contribution in [0.5, 0.6) is 5.75 Å². The van der Waals surface area contributed by atoms with Crippen LogP contribution < -0.4 is 16.6 Å². The molecule has 2 heterocycles. The first kappa shape index (κ1) is 19.9. The predicted molar refractivity (Wildman–Crippen MR) is 109 cm³/mol. The van der Waals surface area contributed by atoms with Crippen molar-refractivity contribution in [2.24, 2.45) is 14.1 Å². The minimum Gasteiger partial charge on any atom is -0.508 e. The van der Waals surface area contributed by atoms with E-state index < -0.39 is 0 Å². The third-order valence-electron chi connectivity index (χ3n) is 5.07. The molecule has 2 atom stereocenters. The second-order valence-corrected chi connectivity index (χ2v) is 7.44. The first-order chi connectivity index (χ1) is 13.3. The Hall–Kier alpha value is -2.87. The van der Waals surface area contributed by atoms with Gasteiger partial charge in [0.1, 0.15) is 5.75 Å². The summed E-state index contributed by atoms with van der Waals surface area (Å²) in [5.41, 5.74) is 1.33. The summed E-state index contributed by atoms with van der Waals surface area (Å²) < 4.78 is 4.33. The Kier molecular flexibility index (Phi) is 5.69. The Morgan fingerprint density at radius 2 is 1.75 bits per heavy atom. The molecule has 0 bridgehead atoms. The quantitative estimate of drug-likeness (QED) is 0.636. The molecular weight excluding hydrogens is 358 g/mol. The molecule has 1 aromatic carbocycles. The topological polar surface area (TPSA) is 94.1 Å². The Morgan fingerprint density at radius 3 is 2.43 bits per heavy atom. The van der Waals surface area contributed by atoms with Crippen molar-refractivity contribution in [3.8, 4) is 5.75 Å². The summed E-state index contributed by atoms with van der Waals surface area (Å²) in [5, 5.41) is 12.9. The number of aryl methyl sites for hydroxylation is 2. The minimum absolute atomic E-state index is 0.237. The molecule has 0 aliphatic rings. The van der Waals surface area contributed by atoms with E-state index in [1.807, 2.05) is 16.7 Å². The Balaban J connectivity index is 1.64. The second-order valence-electron chi connectivity index (χ2n) is 7.44. The average Bonchev–Trinajstić information content (AvgIpc) is 3.09. The van der Waals surface area contributed by atoms with E-state index in [1.165, 1.54) is 11.6 Å². The lowest BCUT2D eigenvalue weighted by Crippen LogP contribution is -2.38. The van der Waals surface area contributed by atoms with Crippen molar-refractivity contribution < 1.29 is 5.11 Å². The molecule has 3 rings (SSSR count). The SMILES string of the molecule is CC(CCn1cnc2c1c(=O)n(C)c(=O)n2C)NC(C)Cc1ccc(O)cc1. The lowest BCUT2D eigenvalue weighted by molar-refractivity contribution is 0.424. The fraction of sp³-hybridized carbons (Fsp3) is 0.450. The molecule has 28 heavy (non-hydrogen) atoms. The number of aromatic nitrogens is 4. The van der Waals surface area contributed by atoms with Crippen LogP contribution in [0.1, 0.15) is 25.8 Å². The highest BCUT2D eigenvalue weighted by molar-refractivity contribution is 5.69. The maximum Gasteiger partial charge on any atom is 0.332 e. The van der Waals surface area contributed by atoms with E-state index in [9.17, 15) is 14.7 Å². The van der Waals surface area contributed by atoms with Gasteiger partial charge in [0.15, 0.2) is 11.2 Å². The van der Waals surface area contributed by atoms with Crippen molar-refractivity contribution in [2.45, 2.75) is 45.3 Å². The summed E-state index contributed by atoms with van der Waals surface area (Å²) in [6.07, 6.45) is 3.30. The number of rotatable bonds is 7. The zero-order valence-corrected chi connectivity index (χ0v) is 16.7. The largest absolute Gasteiger partial charge is 0.508 e. The zero-order chi connectivity index (χ0) is 20.4. The van der Waals surface area contributed by atoms with Crippen LogP contribution in [0.2, 0.25) is 0 Å². The maximum absolute atomic E-state index is 12.5. The van der Waals surface area contributed by atoms with Gasteiger partial charge in [0.25, 0.3) is 5.56 Å². The van der Waals surface area contributed by atoms with Gasteiger partial charge in [0, 0.05) is 32.7 Å². The number of imidazole rings is 1. The van der Waals surface area contributed by atoms with Gasteiger partial charge in [-0.15, -0.1) is 0 Å². The number of benzene rings is 1. The van der Waals surface area contributed by atoms with Crippen LogP contribution in [0, 0.1) is 0 Å². The number of nitrogens with zero attached hydrogens (tertiary/aromatic N) is 4. The van der Waals surface area contributed by atoms with E-state index in [0.717, 1.165) is 23.0 Å². The number of nitrogens with one attached hydrogen (secondary N) is 1. The molecule has 0 amide bonds. The van der Waals surface area contributed by atoms with Crippen molar-refractivity contribution in [1.82, 2.24) is 24.0 Å². The van der Waals surface area contributed by atoms with E-state index in [1.54, 1.807) is 25.5 Å². The van der Waals surface area contributed by atoms with E-state index in [4.69, 9.17) is 0 Å². The summed E-state index contributed by atoms with van der Waals surface area (Å²) in [5.74, 6) is 0.272. The molecule has 0 saturated heterocycles. The van der Waals surface area contributed by atoms with Crippen LogP contribution in [0.15, 0.2) is 40.2 Å². The highest BCUT2D eigenvalue weighted by atomic mass is 16.3. The Bertz CT molecular complexity index is 1080. The molecule has 0 radical (unpaired) electrons. The Morgan fingerprint density at radius 1 is 1.07 bits per heavy atom. The van der Waals surface area contributed by atoms with Gasteiger partial charge in [-0.3, -0.25) is 13.9 Å². The molecule has 2 unspecified atom stereocenters. The van der Waals surface area contributed by atoms with Gasteiger partial charge in [-0.25, -0.2) is 9.78 Å². The molecule has 0 aliphatic carbocycles. The number of aromatic hydroxyl groups is 1. The third kappa shape index (κ3) is 4.01. The lowest BCUT2D eigenvalue weighted by atomic mass is 10.1. The van der Waals surface area contributed by atoms with Crippen molar-refractivity contribution in [3.63, 3.8) is 0 Å². The van der Waals surface area contributed by atoms with E-state index in [0.29, 0.717) is 17.7 Å². The summed E-state index contributed by atoms with van der Waals surface area (Å²) in [4.78, 5) is 28.8. The zero-order valence-electron chi connectivity index (χ0n) is 16.7. The molecule has 0 aliphatic heterocycles. The van der Waals surface area contributed by atoms with Crippen LogP contribution in [-0.4, -0.2) is 35.9 Å². The molecule has 0 spiro atoms. The molecule has 3 aromatic rings. The fourth-order valence-electron chi connectivity index (χ4n) is 3.51. The highest BCUT2D eigenvalue weighted by Crippen LogP contribution is 2.12. The average molecular weight is 385 g/mol. The molecule has 2 N–H and O–H groups in total. The highest BCUT2D eigenvalue weighted by Gasteiger charge is 2.15. The van der Waals surface area contributed by atoms with Gasteiger partial charge in [-0.2, -0.15) is 0 Å². The smallest absolute Gasteiger partial charge is 0.332 e. The van der Waals surface area contributed by atoms with Gasteiger partial charge >= 0.3 is 5.69 Å². The molecule has 8 nitrogen and oxygen atoms in total. The monoisotopic (exact) mass is 385 g/mol. The van der Waals surface area contributed by atoms with Crippen LogP contribution in [0.4, 0.5) is 0 Å². The molecule has 8 heteroatoms. The van der Waals surface area contributed by atoms with Gasteiger partial charge in [0.2, 0.25) is 0 Å². The maximum atomic E-state index is 12.5.